The second-order valence-electron chi connectivity index (χ2n) is 6.27. The first-order valence-corrected chi connectivity index (χ1v) is 8.22. The lowest BCUT2D eigenvalue weighted by atomic mass is 9.98. The molecule has 20 heavy (non-hydrogen) atoms. The van der Waals surface area contributed by atoms with Gasteiger partial charge in [0.25, 0.3) is 0 Å². The Bertz CT molecular complexity index is 445. The summed E-state index contributed by atoms with van der Waals surface area (Å²) in [5.41, 5.74) is 8.69. The number of nitrogens with zero attached hydrogens (tertiary/aromatic N) is 1. The zero-order valence-corrected chi connectivity index (χ0v) is 13.7. The highest BCUT2D eigenvalue weighted by Gasteiger charge is 2.30. The lowest BCUT2D eigenvalue weighted by molar-refractivity contribution is 0.490. The van der Waals surface area contributed by atoms with Crippen LogP contribution < -0.4 is 10.6 Å². The third kappa shape index (κ3) is 3.29. The highest BCUT2D eigenvalue weighted by Crippen LogP contribution is 2.37. The molecule has 0 bridgehead atoms. The van der Waals surface area contributed by atoms with Crippen LogP contribution in [-0.2, 0) is 6.42 Å². The van der Waals surface area contributed by atoms with Gasteiger partial charge in [-0.2, -0.15) is 0 Å². The first-order chi connectivity index (χ1) is 9.54. The van der Waals surface area contributed by atoms with Crippen molar-refractivity contribution in [3.05, 3.63) is 28.8 Å². The lowest BCUT2D eigenvalue weighted by Crippen LogP contribution is -2.35. The van der Waals surface area contributed by atoms with E-state index >= 15 is 0 Å². The van der Waals surface area contributed by atoms with Gasteiger partial charge in [0.05, 0.1) is 10.7 Å². The molecule has 1 heterocycles. The van der Waals surface area contributed by atoms with E-state index in [1.54, 1.807) is 0 Å². The third-order valence-corrected chi connectivity index (χ3v) is 4.74. The molecule has 2 atom stereocenters. The molecule has 3 heteroatoms. The van der Waals surface area contributed by atoms with Crippen molar-refractivity contribution < 1.29 is 0 Å². The van der Waals surface area contributed by atoms with Gasteiger partial charge in [-0.1, -0.05) is 44.5 Å². The van der Waals surface area contributed by atoms with Gasteiger partial charge in [0.2, 0.25) is 0 Å². The number of hydrogen-bond acceptors (Lipinski definition) is 2. The van der Waals surface area contributed by atoms with Crippen LogP contribution in [0.3, 0.4) is 0 Å². The van der Waals surface area contributed by atoms with Crippen molar-refractivity contribution in [2.45, 2.75) is 58.5 Å². The molecule has 0 radical (unpaired) electrons. The molecular formula is C17H27ClN2. The van der Waals surface area contributed by atoms with E-state index in [0.717, 1.165) is 24.4 Å². The van der Waals surface area contributed by atoms with Crippen LogP contribution in [0, 0.1) is 5.92 Å². The predicted molar refractivity (Wildman–Crippen MR) is 88.6 cm³/mol. The van der Waals surface area contributed by atoms with Crippen molar-refractivity contribution in [2.24, 2.45) is 11.7 Å². The molecule has 0 saturated carbocycles. The van der Waals surface area contributed by atoms with Crippen molar-refractivity contribution in [1.29, 1.82) is 0 Å². The normalized spacial score (nSPS) is 20.7. The maximum Gasteiger partial charge on any atom is 0.0642 e. The van der Waals surface area contributed by atoms with Gasteiger partial charge in [0.15, 0.2) is 0 Å². The highest BCUT2D eigenvalue weighted by molar-refractivity contribution is 6.33. The summed E-state index contributed by atoms with van der Waals surface area (Å²) in [7, 11) is 0. The van der Waals surface area contributed by atoms with Crippen molar-refractivity contribution in [1.82, 2.24) is 0 Å². The van der Waals surface area contributed by atoms with Crippen molar-refractivity contribution in [3.8, 4) is 0 Å². The molecule has 0 amide bonds. The summed E-state index contributed by atoms with van der Waals surface area (Å²) in [6.07, 6.45) is 4.43. The average Bonchev–Trinajstić information content (AvgIpc) is 2.87. The van der Waals surface area contributed by atoms with E-state index in [4.69, 9.17) is 17.3 Å². The Balaban J connectivity index is 2.34. The van der Waals surface area contributed by atoms with E-state index in [0.29, 0.717) is 12.0 Å². The fraction of sp³-hybridized carbons (Fsp3) is 0.647. The zero-order chi connectivity index (χ0) is 14.7. The molecule has 2 N–H and O–H groups in total. The van der Waals surface area contributed by atoms with Crippen molar-refractivity contribution in [3.63, 3.8) is 0 Å². The topological polar surface area (TPSA) is 29.3 Å². The molecule has 1 aromatic carbocycles. The second-order valence-corrected chi connectivity index (χ2v) is 6.67. The fourth-order valence-corrected chi connectivity index (χ4v) is 3.54. The van der Waals surface area contributed by atoms with Crippen molar-refractivity contribution in [2.75, 3.05) is 11.4 Å². The van der Waals surface area contributed by atoms with Gasteiger partial charge in [-0.25, -0.2) is 0 Å². The minimum atomic E-state index is 0.215. The molecule has 2 rings (SSSR count). The summed E-state index contributed by atoms with van der Waals surface area (Å²) < 4.78 is 0. The number of rotatable bonds is 5. The number of hydrogen-bond donors (Lipinski definition) is 1. The maximum absolute atomic E-state index is 6.52. The van der Waals surface area contributed by atoms with Gasteiger partial charge >= 0.3 is 0 Å². The Labute approximate surface area is 128 Å². The molecule has 2 unspecified atom stereocenters. The second kappa shape index (κ2) is 6.82. The Morgan fingerprint density at radius 2 is 2.15 bits per heavy atom. The summed E-state index contributed by atoms with van der Waals surface area (Å²) in [6.45, 7) is 7.86. The van der Waals surface area contributed by atoms with Crippen LogP contribution >= 0.6 is 11.6 Å². The zero-order valence-electron chi connectivity index (χ0n) is 12.9. The van der Waals surface area contributed by atoms with Gasteiger partial charge in [-0.3, -0.25) is 0 Å². The largest absolute Gasteiger partial charge is 0.367 e. The number of benzene rings is 1. The molecule has 2 nitrogen and oxygen atoms in total. The number of nitrogens with two attached hydrogens (primary N) is 1. The van der Waals surface area contributed by atoms with Crippen LogP contribution in [-0.4, -0.2) is 18.6 Å². The van der Waals surface area contributed by atoms with Crippen LogP contribution in [0.1, 0.15) is 45.6 Å². The van der Waals surface area contributed by atoms with E-state index in [9.17, 15) is 0 Å². The fourth-order valence-electron chi connectivity index (χ4n) is 3.24. The Morgan fingerprint density at radius 1 is 1.40 bits per heavy atom. The van der Waals surface area contributed by atoms with Crippen LogP contribution in [0.15, 0.2) is 18.2 Å². The molecule has 0 aromatic heterocycles. The minimum absolute atomic E-state index is 0.215. The molecule has 0 spiro atoms. The SMILES string of the molecule is CCC(N)Cc1cccc(Cl)c1N1CCCC1C(C)C. The number of halogens is 1. The van der Waals surface area contributed by atoms with Gasteiger partial charge in [0.1, 0.15) is 0 Å². The van der Waals surface area contributed by atoms with E-state index < -0.39 is 0 Å². The van der Waals surface area contributed by atoms with Gasteiger partial charge in [-0.15, -0.1) is 0 Å². The lowest BCUT2D eigenvalue weighted by Gasteiger charge is -2.32. The van der Waals surface area contributed by atoms with Gasteiger partial charge in [-0.05, 0) is 43.2 Å². The molecule has 0 aliphatic carbocycles. The summed E-state index contributed by atoms with van der Waals surface area (Å²) in [6, 6.07) is 7.06. The van der Waals surface area contributed by atoms with Crippen LogP contribution in [0.25, 0.3) is 0 Å². The summed E-state index contributed by atoms with van der Waals surface area (Å²) >= 11 is 6.52. The Hall–Kier alpha value is -0.730. The molecule has 112 valence electrons. The quantitative estimate of drug-likeness (QED) is 0.880. The predicted octanol–water partition coefficient (Wildman–Crippen LogP) is 4.24. The maximum atomic E-state index is 6.52. The van der Waals surface area contributed by atoms with Crippen LogP contribution in [0.2, 0.25) is 5.02 Å². The number of anilines is 1. The van der Waals surface area contributed by atoms with Crippen molar-refractivity contribution >= 4 is 17.3 Å². The summed E-state index contributed by atoms with van der Waals surface area (Å²) in [5, 5.41) is 0.873. The smallest absolute Gasteiger partial charge is 0.0642 e. The van der Waals surface area contributed by atoms with Crippen LogP contribution in [0.5, 0.6) is 0 Å². The summed E-state index contributed by atoms with van der Waals surface area (Å²) in [4.78, 5) is 2.52. The number of para-hydroxylation sites is 1. The van der Waals surface area contributed by atoms with Gasteiger partial charge < -0.3 is 10.6 Å². The third-order valence-electron chi connectivity index (χ3n) is 4.43. The van der Waals surface area contributed by atoms with E-state index in [2.05, 4.69) is 31.7 Å². The van der Waals surface area contributed by atoms with Crippen LogP contribution in [0.4, 0.5) is 5.69 Å². The first kappa shape index (κ1) is 15.7. The molecule has 1 aliphatic heterocycles. The molecule has 1 aliphatic rings. The first-order valence-electron chi connectivity index (χ1n) is 7.84. The monoisotopic (exact) mass is 294 g/mol. The Kier molecular flexibility index (Phi) is 5.34. The van der Waals surface area contributed by atoms with E-state index in [1.807, 2.05) is 12.1 Å². The minimum Gasteiger partial charge on any atom is -0.367 e. The molecule has 1 aromatic rings. The molecule has 1 fully saturated rings. The molecule has 1 saturated heterocycles. The van der Waals surface area contributed by atoms with Gasteiger partial charge in [0, 0.05) is 18.6 Å². The molecular weight excluding hydrogens is 268 g/mol. The average molecular weight is 295 g/mol. The van der Waals surface area contributed by atoms with E-state index in [-0.39, 0.29) is 6.04 Å². The standard InChI is InChI=1S/C17H27ClN2/c1-4-14(19)11-13-7-5-8-15(18)17(13)20-10-6-9-16(20)12(2)3/h5,7-8,12,14,16H,4,6,9-11,19H2,1-3H3. The summed E-state index contributed by atoms with van der Waals surface area (Å²) in [5.74, 6) is 0.654. The highest BCUT2D eigenvalue weighted by atomic mass is 35.5. The van der Waals surface area contributed by atoms with E-state index in [1.165, 1.54) is 24.1 Å². The Morgan fingerprint density at radius 3 is 2.80 bits per heavy atom.